The highest BCUT2D eigenvalue weighted by Crippen LogP contribution is 2.30. The van der Waals surface area contributed by atoms with Crippen molar-refractivity contribution in [3.05, 3.63) is 44.3 Å². The molecule has 0 spiro atoms. The highest BCUT2D eigenvalue weighted by Gasteiger charge is 2.18. The molecule has 1 unspecified atom stereocenters. The maximum atomic E-state index is 5.99. The van der Waals surface area contributed by atoms with Gasteiger partial charge in [-0.05, 0) is 47.6 Å². The van der Waals surface area contributed by atoms with Gasteiger partial charge in [0.05, 0.1) is 22.8 Å². The summed E-state index contributed by atoms with van der Waals surface area (Å²) in [5.41, 5.74) is 10.2. The van der Waals surface area contributed by atoms with Crippen LogP contribution in [0, 0.1) is 6.92 Å². The summed E-state index contributed by atoms with van der Waals surface area (Å²) in [7, 11) is 3.76. The number of hydrogen-bond acceptors (Lipinski definition) is 5. The lowest BCUT2D eigenvalue weighted by Gasteiger charge is -2.27. The van der Waals surface area contributed by atoms with Gasteiger partial charge in [0.15, 0.2) is 0 Å². The van der Waals surface area contributed by atoms with Crippen molar-refractivity contribution in [1.82, 2.24) is 9.88 Å². The molecule has 0 amide bonds. The summed E-state index contributed by atoms with van der Waals surface area (Å²) >= 11 is 5.22. The van der Waals surface area contributed by atoms with Crippen molar-refractivity contribution in [3.8, 4) is 5.75 Å². The van der Waals surface area contributed by atoms with E-state index >= 15 is 0 Å². The van der Waals surface area contributed by atoms with Crippen LogP contribution in [0.5, 0.6) is 5.75 Å². The SMILES string of the molecule is COc1ccc(C(CN)N(C)Cc2scnc2C)cc1Br. The molecule has 0 bridgehead atoms. The number of benzene rings is 1. The number of rotatable bonds is 6. The summed E-state index contributed by atoms with van der Waals surface area (Å²) in [4.78, 5) is 7.84. The standard InChI is InChI=1S/C15H20BrN3OS/c1-10-15(21-9-18-10)8-19(2)13(7-17)11-4-5-14(20-3)12(16)6-11/h4-6,9,13H,7-8,17H2,1-3H3. The van der Waals surface area contributed by atoms with E-state index in [1.165, 1.54) is 10.4 Å². The molecule has 1 aromatic carbocycles. The summed E-state index contributed by atoms with van der Waals surface area (Å²) in [6, 6.07) is 6.27. The third kappa shape index (κ3) is 3.83. The Kier molecular flexibility index (Phi) is 5.75. The Balaban J connectivity index is 2.18. The van der Waals surface area contributed by atoms with Gasteiger partial charge in [-0.15, -0.1) is 11.3 Å². The van der Waals surface area contributed by atoms with Gasteiger partial charge in [0, 0.05) is 24.0 Å². The van der Waals surface area contributed by atoms with Crippen LogP contribution in [-0.4, -0.2) is 30.6 Å². The van der Waals surface area contributed by atoms with Crippen molar-refractivity contribution in [1.29, 1.82) is 0 Å². The van der Waals surface area contributed by atoms with Gasteiger partial charge in [-0.1, -0.05) is 6.07 Å². The molecule has 0 aliphatic heterocycles. The second-order valence-electron chi connectivity index (χ2n) is 4.92. The van der Waals surface area contributed by atoms with Gasteiger partial charge >= 0.3 is 0 Å². The summed E-state index contributed by atoms with van der Waals surface area (Å²) in [6.45, 7) is 3.45. The molecular formula is C15H20BrN3OS. The first-order valence-electron chi connectivity index (χ1n) is 6.69. The van der Waals surface area contributed by atoms with Crippen LogP contribution in [0.2, 0.25) is 0 Å². The topological polar surface area (TPSA) is 51.4 Å². The first kappa shape index (κ1) is 16.4. The molecule has 4 nitrogen and oxygen atoms in total. The highest BCUT2D eigenvalue weighted by molar-refractivity contribution is 9.10. The molecule has 0 radical (unpaired) electrons. The van der Waals surface area contributed by atoms with Crippen LogP contribution in [0.15, 0.2) is 28.2 Å². The van der Waals surface area contributed by atoms with Gasteiger partial charge < -0.3 is 10.5 Å². The number of ether oxygens (including phenoxy) is 1. The molecule has 21 heavy (non-hydrogen) atoms. The maximum absolute atomic E-state index is 5.99. The van der Waals surface area contributed by atoms with Crippen LogP contribution in [-0.2, 0) is 6.54 Å². The number of aromatic nitrogens is 1. The number of halogens is 1. The minimum Gasteiger partial charge on any atom is -0.496 e. The van der Waals surface area contributed by atoms with E-state index in [0.29, 0.717) is 6.54 Å². The largest absolute Gasteiger partial charge is 0.496 e. The van der Waals surface area contributed by atoms with Crippen LogP contribution < -0.4 is 10.5 Å². The molecular weight excluding hydrogens is 350 g/mol. The van der Waals surface area contributed by atoms with E-state index in [9.17, 15) is 0 Å². The Morgan fingerprint density at radius 3 is 2.76 bits per heavy atom. The third-order valence-corrected chi connectivity index (χ3v) is 5.09. The van der Waals surface area contributed by atoms with Gasteiger partial charge in [-0.25, -0.2) is 4.98 Å². The van der Waals surface area contributed by atoms with Crippen molar-refractivity contribution in [2.75, 3.05) is 20.7 Å². The Morgan fingerprint density at radius 1 is 1.48 bits per heavy atom. The second kappa shape index (κ2) is 7.35. The number of nitrogens with two attached hydrogens (primary N) is 1. The zero-order chi connectivity index (χ0) is 15.4. The predicted molar refractivity (Wildman–Crippen MR) is 90.8 cm³/mol. The van der Waals surface area contributed by atoms with E-state index in [-0.39, 0.29) is 6.04 Å². The third-order valence-electron chi connectivity index (χ3n) is 3.55. The van der Waals surface area contributed by atoms with Crippen LogP contribution >= 0.6 is 27.3 Å². The molecule has 0 saturated carbocycles. The fourth-order valence-electron chi connectivity index (χ4n) is 2.28. The number of aryl methyl sites for hydroxylation is 1. The molecule has 0 aliphatic carbocycles. The highest BCUT2D eigenvalue weighted by atomic mass is 79.9. The average molecular weight is 370 g/mol. The van der Waals surface area contributed by atoms with E-state index in [2.05, 4.69) is 45.0 Å². The van der Waals surface area contributed by atoms with Crippen LogP contribution in [0.25, 0.3) is 0 Å². The van der Waals surface area contributed by atoms with Crippen molar-refractivity contribution in [2.45, 2.75) is 19.5 Å². The maximum Gasteiger partial charge on any atom is 0.133 e. The monoisotopic (exact) mass is 369 g/mol. The number of thiazole rings is 1. The lowest BCUT2D eigenvalue weighted by molar-refractivity contribution is 0.243. The molecule has 114 valence electrons. The first-order chi connectivity index (χ1) is 10.1. The first-order valence-corrected chi connectivity index (χ1v) is 8.36. The van der Waals surface area contributed by atoms with Gasteiger partial charge in [-0.2, -0.15) is 0 Å². The number of likely N-dealkylation sites (N-methyl/N-ethyl adjacent to an activating group) is 1. The fourth-order valence-corrected chi connectivity index (χ4v) is 3.67. The minimum atomic E-state index is 0.161. The molecule has 2 N–H and O–H groups in total. The molecule has 1 atom stereocenters. The minimum absolute atomic E-state index is 0.161. The molecule has 2 aromatic rings. The summed E-state index contributed by atoms with van der Waals surface area (Å²) in [6.07, 6.45) is 0. The molecule has 0 saturated heterocycles. The Bertz CT molecular complexity index is 602. The fraction of sp³-hybridized carbons (Fsp3) is 0.400. The van der Waals surface area contributed by atoms with Crippen molar-refractivity contribution in [2.24, 2.45) is 5.73 Å². The van der Waals surface area contributed by atoms with E-state index in [4.69, 9.17) is 10.5 Å². The molecule has 1 heterocycles. The Labute approximate surface area is 138 Å². The van der Waals surface area contributed by atoms with Crippen molar-refractivity contribution < 1.29 is 4.74 Å². The van der Waals surface area contributed by atoms with E-state index in [1.54, 1.807) is 18.4 Å². The lowest BCUT2D eigenvalue weighted by atomic mass is 10.1. The molecule has 0 fully saturated rings. The van der Waals surface area contributed by atoms with Crippen molar-refractivity contribution in [3.63, 3.8) is 0 Å². The number of nitrogens with zero attached hydrogens (tertiary/aromatic N) is 2. The normalized spacial score (nSPS) is 12.7. The van der Waals surface area contributed by atoms with Crippen LogP contribution in [0.3, 0.4) is 0 Å². The van der Waals surface area contributed by atoms with Gasteiger partial charge in [0.25, 0.3) is 0 Å². The summed E-state index contributed by atoms with van der Waals surface area (Å²) in [5, 5.41) is 0. The zero-order valence-electron chi connectivity index (χ0n) is 12.5. The Morgan fingerprint density at radius 2 is 2.24 bits per heavy atom. The van der Waals surface area contributed by atoms with Gasteiger partial charge in [0.1, 0.15) is 5.75 Å². The van der Waals surface area contributed by atoms with E-state index in [1.807, 2.05) is 18.5 Å². The second-order valence-corrected chi connectivity index (χ2v) is 6.72. The molecule has 1 aromatic heterocycles. The van der Waals surface area contributed by atoms with Crippen LogP contribution in [0.4, 0.5) is 0 Å². The van der Waals surface area contributed by atoms with Crippen LogP contribution in [0.1, 0.15) is 22.2 Å². The molecule has 0 aliphatic rings. The molecule has 6 heteroatoms. The zero-order valence-corrected chi connectivity index (χ0v) is 14.9. The summed E-state index contributed by atoms with van der Waals surface area (Å²) < 4.78 is 6.22. The lowest BCUT2D eigenvalue weighted by Crippen LogP contribution is -2.30. The predicted octanol–water partition coefficient (Wildman–Crippen LogP) is 3.35. The van der Waals surface area contributed by atoms with Crippen molar-refractivity contribution >= 4 is 27.3 Å². The van der Waals surface area contributed by atoms with Gasteiger partial charge in [-0.3, -0.25) is 4.90 Å². The average Bonchev–Trinajstić information content (AvgIpc) is 2.85. The van der Waals surface area contributed by atoms with Gasteiger partial charge in [0.2, 0.25) is 0 Å². The Hall–Kier alpha value is -0.950. The molecule has 2 rings (SSSR count). The number of hydrogen-bond donors (Lipinski definition) is 1. The summed E-state index contributed by atoms with van der Waals surface area (Å²) in [5.74, 6) is 0.829. The van der Waals surface area contributed by atoms with E-state index in [0.717, 1.165) is 22.5 Å². The van der Waals surface area contributed by atoms with E-state index < -0.39 is 0 Å². The smallest absolute Gasteiger partial charge is 0.133 e. The quantitative estimate of drug-likeness (QED) is 0.847. The number of methoxy groups -OCH3 is 1.